The summed E-state index contributed by atoms with van der Waals surface area (Å²) in [5, 5.41) is 13.7. The van der Waals surface area contributed by atoms with Gasteiger partial charge in [0, 0.05) is 17.6 Å². The molecule has 0 radical (unpaired) electrons. The quantitative estimate of drug-likeness (QED) is 0.456. The molecule has 7 nitrogen and oxygen atoms in total. The highest BCUT2D eigenvalue weighted by atomic mass is 16.1. The highest BCUT2D eigenvalue weighted by molar-refractivity contribution is 5.80. The van der Waals surface area contributed by atoms with Gasteiger partial charge in [-0.3, -0.25) is 9.69 Å². The Labute approximate surface area is 194 Å². The van der Waals surface area contributed by atoms with Crippen LogP contribution in [0, 0.1) is 0 Å². The van der Waals surface area contributed by atoms with Gasteiger partial charge in [-0.15, -0.1) is 5.10 Å². The molecule has 0 aliphatic heterocycles. The topological polar surface area (TPSA) is 79.7 Å². The fourth-order valence-electron chi connectivity index (χ4n) is 4.24. The molecule has 0 bridgehead atoms. The number of fused-ring (bicyclic) bond motifs is 1. The standard InChI is InChI=1S/C26H32N6O/c1-6-18-13-14-22-20(15-18)16-21(25(33)27-22)23(24-28-29-30-32(24)26(3,4)5)31(7-2)17-19-11-9-8-10-12-19/h8-16,23H,6-7,17H2,1-5H3,(H,27,33). The molecule has 0 amide bonds. The van der Waals surface area contributed by atoms with Gasteiger partial charge in [-0.05, 0) is 78.9 Å². The average molecular weight is 445 g/mol. The van der Waals surface area contributed by atoms with Crippen molar-refractivity contribution in [2.75, 3.05) is 6.54 Å². The molecule has 0 aliphatic carbocycles. The molecule has 0 spiro atoms. The van der Waals surface area contributed by atoms with Gasteiger partial charge in [-0.25, -0.2) is 4.68 Å². The third-order valence-corrected chi connectivity index (χ3v) is 6.01. The Morgan fingerprint density at radius 2 is 1.79 bits per heavy atom. The van der Waals surface area contributed by atoms with E-state index in [4.69, 9.17) is 0 Å². The summed E-state index contributed by atoms with van der Waals surface area (Å²) in [6.45, 7) is 11.8. The number of aromatic nitrogens is 5. The summed E-state index contributed by atoms with van der Waals surface area (Å²) in [6.07, 6.45) is 0.936. The molecular weight excluding hydrogens is 412 g/mol. The Balaban J connectivity index is 1.92. The van der Waals surface area contributed by atoms with E-state index in [0.29, 0.717) is 17.9 Å². The fourth-order valence-corrected chi connectivity index (χ4v) is 4.24. The van der Waals surface area contributed by atoms with E-state index in [1.54, 1.807) is 0 Å². The van der Waals surface area contributed by atoms with Gasteiger partial charge in [0.15, 0.2) is 5.82 Å². The zero-order chi connectivity index (χ0) is 23.6. The van der Waals surface area contributed by atoms with Gasteiger partial charge in [0.1, 0.15) is 6.04 Å². The van der Waals surface area contributed by atoms with Crippen LogP contribution in [-0.4, -0.2) is 36.6 Å². The smallest absolute Gasteiger partial charge is 0.253 e. The molecule has 1 unspecified atom stereocenters. The van der Waals surface area contributed by atoms with E-state index in [1.165, 1.54) is 11.1 Å². The zero-order valence-electron chi connectivity index (χ0n) is 20.0. The Kier molecular flexibility index (Phi) is 6.42. The van der Waals surface area contributed by atoms with Gasteiger partial charge in [-0.2, -0.15) is 0 Å². The number of rotatable bonds is 7. The van der Waals surface area contributed by atoms with Crippen molar-refractivity contribution < 1.29 is 0 Å². The molecular formula is C26H32N6O. The van der Waals surface area contributed by atoms with E-state index in [2.05, 4.69) is 84.3 Å². The van der Waals surface area contributed by atoms with Gasteiger partial charge < -0.3 is 4.98 Å². The van der Waals surface area contributed by atoms with Crippen LogP contribution in [-0.2, 0) is 18.5 Å². The number of pyridine rings is 1. The van der Waals surface area contributed by atoms with Crippen LogP contribution in [0.25, 0.3) is 10.9 Å². The summed E-state index contributed by atoms with van der Waals surface area (Å²) in [7, 11) is 0. The lowest BCUT2D eigenvalue weighted by Crippen LogP contribution is -2.37. The number of hydrogen-bond donors (Lipinski definition) is 1. The number of nitrogens with zero attached hydrogens (tertiary/aromatic N) is 5. The summed E-state index contributed by atoms with van der Waals surface area (Å²) in [6, 6.07) is 18.1. The van der Waals surface area contributed by atoms with Gasteiger partial charge in [0.05, 0.1) is 5.54 Å². The molecule has 33 heavy (non-hydrogen) atoms. The molecule has 172 valence electrons. The first-order valence-corrected chi connectivity index (χ1v) is 11.5. The summed E-state index contributed by atoms with van der Waals surface area (Å²) < 4.78 is 1.83. The maximum Gasteiger partial charge on any atom is 0.253 e. The number of tetrazole rings is 1. The molecule has 2 aromatic carbocycles. The van der Waals surface area contributed by atoms with Gasteiger partial charge in [0.25, 0.3) is 5.56 Å². The van der Waals surface area contributed by atoms with E-state index in [9.17, 15) is 4.79 Å². The SMILES string of the molecule is CCc1ccc2[nH]c(=O)c(C(c3nnnn3C(C)(C)C)N(CC)Cc3ccccc3)cc2c1. The normalized spacial score (nSPS) is 13.0. The van der Waals surface area contributed by atoms with E-state index < -0.39 is 6.04 Å². The molecule has 0 fully saturated rings. The number of aromatic amines is 1. The van der Waals surface area contributed by atoms with Crippen molar-refractivity contribution in [2.45, 2.75) is 59.2 Å². The lowest BCUT2D eigenvalue weighted by atomic mass is 10.00. The van der Waals surface area contributed by atoms with Gasteiger partial charge >= 0.3 is 0 Å². The second-order valence-electron chi connectivity index (χ2n) is 9.40. The van der Waals surface area contributed by atoms with E-state index in [0.717, 1.165) is 23.9 Å². The van der Waals surface area contributed by atoms with Crippen molar-refractivity contribution >= 4 is 10.9 Å². The lowest BCUT2D eigenvalue weighted by Gasteiger charge is -2.32. The van der Waals surface area contributed by atoms with Crippen molar-refractivity contribution in [3.8, 4) is 0 Å². The van der Waals surface area contributed by atoms with Crippen LogP contribution >= 0.6 is 0 Å². The molecule has 0 saturated carbocycles. The minimum Gasteiger partial charge on any atom is -0.322 e. The number of nitrogens with one attached hydrogen (secondary N) is 1. The first-order chi connectivity index (χ1) is 15.8. The van der Waals surface area contributed by atoms with Crippen molar-refractivity contribution in [3.63, 3.8) is 0 Å². The number of H-pyrrole nitrogens is 1. The highest BCUT2D eigenvalue weighted by Crippen LogP contribution is 2.30. The summed E-state index contributed by atoms with van der Waals surface area (Å²) in [5.74, 6) is 0.664. The molecule has 7 heteroatoms. The minimum atomic E-state index is -0.400. The summed E-state index contributed by atoms with van der Waals surface area (Å²) >= 11 is 0. The molecule has 4 aromatic rings. The molecule has 2 heterocycles. The van der Waals surface area contributed by atoms with Crippen molar-refractivity contribution in [1.82, 2.24) is 30.1 Å². The van der Waals surface area contributed by atoms with Gasteiger partial charge in [0.2, 0.25) is 0 Å². The number of hydrogen-bond acceptors (Lipinski definition) is 5. The summed E-state index contributed by atoms with van der Waals surface area (Å²) in [5.41, 5.74) is 3.43. The Hall–Kier alpha value is -3.32. The molecule has 1 N–H and O–H groups in total. The van der Waals surface area contributed by atoms with Crippen molar-refractivity contribution in [1.29, 1.82) is 0 Å². The Morgan fingerprint density at radius 1 is 1.03 bits per heavy atom. The van der Waals surface area contributed by atoms with E-state index in [-0.39, 0.29) is 11.1 Å². The predicted octanol–water partition coefficient (Wildman–Crippen LogP) is 4.44. The molecule has 1 atom stereocenters. The Bertz CT molecular complexity index is 1290. The van der Waals surface area contributed by atoms with E-state index >= 15 is 0 Å². The molecule has 4 rings (SSSR count). The molecule has 2 aromatic heterocycles. The zero-order valence-corrected chi connectivity index (χ0v) is 20.0. The lowest BCUT2D eigenvalue weighted by molar-refractivity contribution is 0.202. The largest absolute Gasteiger partial charge is 0.322 e. The van der Waals surface area contributed by atoms with Gasteiger partial charge in [-0.1, -0.05) is 50.2 Å². The second-order valence-corrected chi connectivity index (χ2v) is 9.40. The second kappa shape index (κ2) is 9.27. The number of benzene rings is 2. The van der Waals surface area contributed by atoms with E-state index in [1.807, 2.05) is 35.0 Å². The first kappa shape index (κ1) is 22.9. The molecule has 0 aliphatic rings. The number of aryl methyl sites for hydroxylation is 1. The van der Waals surface area contributed by atoms with Crippen molar-refractivity contribution in [2.24, 2.45) is 0 Å². The monoisotopic (exact) mass is 444 g/mol. The van der Waals surface area contributed by atoms with Crippen LogP contribution < -0.4 is 5.56 Å². The minimum absolute atomic E-state index is 0.119. The Morgan fingerprint density at radius 3 is 2.45 bits per heavy atom. The third kappa shape index (κ3) is 4.73. The summed E-state index contributed by atoms with van der Waals surface area (Å²) in [4.78, 5) is 18.7. The molecule has 0 saturated heterocycles. The first-order valence-electron chi connectivity index (χ1n) is 11.5. The van der Waals surface area contributed by atoms with Crippen LogP contribution in [0.2, 0.25) is 0 Å². The maximum atomic E-state index is 13.4. The van der Waals surface area contributed by atoms with Crippen LogP contribution in [0.15, 0.2) is 59.4 Å². The highest BCUT2D eigenvalue weighted by Gasteiger charge is 2.32. The predicted molar refractivity (Wildman–Crippen MR) is 131 cm³/mol. The van der Waals surface area contributed by atoms with Crippen LogP contribution in [0.1, 0.15) is 63.2 Å². The maximum absolute atomic E-state index is 13.4. The van der Waals surface area contributed by atoms with Crippen LogP contribution in [0.4, 0.5) is 0 Å². The van der Waals surface area contributed by atoms with Crippen LogP contribution in [0.3, 0.4) is 0 Å². The third-order valence-electron chi connectivity index (χ3n) is 6.01. The average Bonchev–Trinajstić information content (AvgIpc) is 3.29. The fraction of sp³-hybridized carbons (Fsp3) is 0.385. The van der Waals surface area contributed by atoms with Crippen molar-refractivity contribution in [3.05, 3.63) is 87.5 Å². The van der Waals surface area contributed by atoms with Crippen LogP contribution in [0.5, 0.6) is 0 Å².